The number of carbonyl (C=O) groups excluding carboxylic acids is 1. The highest BCUT2D eigenvalue weighted by Crippen LogP contribution is 2.10. The lowest BCUT2D eigenvalue weighted by molar-refractivity contribution is -0.116. The van der Waals surface area contributed by atoms with Gasteiger partial charge in [-0.1, -0.05) is 0 Å². The average molecular weight is 317 g/mol. The van der Waals surface area contributed by atoms with Crippen LogP contribution >= 0.6 is 0 Å². The van der Waals surface area contributed by atoms with Crippen LogP contribution in [0.5, 0.6) is 0 Å². The van der Waals surface area contributed by atoms with Crippen molar-refractivity contribution in [1.29, 1.82) is 5.26 Å². The van der Waals surface area contributed by atoms with Crippen LogP contribution in [0, 0.1) is 11.3 Å². The largest absolute Gasteiger partial charge is 0.376 e. The average Bonchev–Trinajstić information content (AvgIpc) is 2.56. The molecule has 0 saturated carbocycles. The van der Waals surface area contributed by atoms with Crippen LogP contribution in [0.2, 0.25) is 0 Å². The van der Waals surface area contributed by atoms with E-state index < -0.39 is 0 Å². The Balaban J connectivity index is 1.62. The van der Waals surface area contributed by atoms with E-state index >= 15 is 0 Å². The van der Waals surface area contributed by atoms with Crippen molar-refractivity contribution in [2.75, 3.05) is 45.3 Å². The molecule has 1 unspecified atom stereocenters. The zero-order chi connectivity index (χ0) is 16.5. The number of rotatable bonds is 7. The summed E-state index contributed by atoms with van der Waals surface area (Å²) in [5, 5.41) is 11.6. The molecule has 0 spiro atoms. The fourth-order valence-corrected chi connectivity index (χ4v) is 2.44. The molecule has 1 aliphatic rings. The highest BCUT2D eigenvalue weighted by atomic mass is 16.6. The summed E-state index contributed by atoms with van der Waals surface area (Å²) in [5.41, 5.74) is 1.30. The molecule has 1 aliphatic heterocycles. The molecular formula is C17H23N3O3. The van der Waals surface area contributed by atoms with Gasteiger partial charge in [0.1, 0.15) is 0 Å². The molecular weight excluding hydrogens is 294 g/mol. The van der Waals surface area contributed by atoms with E-state index in [4.69, 9.17) is 14.7 Å². The van der Waals surface area contributed by atoms with Gasteiger partial charge in [0.15, 0.2) is 0 Å². The molecule has 124 valence electrons. The van der Waals surface area contributed by atoms with Crippen molar-refractivity contribution in [3.63, 3.8) is 0 Å². The van der Waals surface area contributed by atoms with E-state index in [1.165, 1.54) is 0 Å². The monoisotopic (exact) mass is 317 g/mol. The van der Waals surface area contributed by atoms with E-state index in [1.807, 2.05) is 7.05 Å². The first-order chi connectivity index (χ1) is 11.2. The number of nitrogens with zero attached hydrogens (tertiary/aromatic N) is 2. The van der Waals surface area contributed by atoms with Gasteiger partial charge in [-0.2, -0.15) is 5.26 Å². The number of carbonyl (C=O) groups is 1. The molecule has 1 amide bonds. The van der Waals surface area contributed by atoms with E-state index in [-0.39, 0.29) is 12.0 Å². The second kappa shape index (κ2) is 9.26. The molecule has 0 aliphatic carbocycles. The van der Waals surface area contributed by atoms with Crippen molar-refractivity contribution in [1.82, 2.24) is 4.90 Å². The molecule has 0 radical (unpaired) electrons. The second-order valence-electron chi connectivity index (χ2n) is 5.67. The summed E-state index contributed by atoms with van der Waals surface area (Å²) in [6, 6.07) is 8.91. The minimum absolute atomic E-state index is 0.0136. The summed E-state index contributed by atoms with van der Waals surface area (Å²) in [6.07, 6.45) is 1.37. The zero-order valence-electron chi connectivity index (χ0n) is 13.5. The van der Waals surface area contributed by atoms with Crippen molar-refractivity contribution in [3.05, 3.63) is 29.8 Å². The van der Waals surface area contributed by atoms with Crippen molar-refractivity contribution in [2.24, 2.45) is 0 Å². The van der Waals surface area contributed by atoms with Crippen molar-refractivity contribution >= 4 is 11.6 Å². The third-order valence-electron chi connectivity index (χ3n) is 3.64. The van der Waals surface area contributed by atoms with Crippen LogP contribution in [0.3, 0.4) is 0 Å². The number of hydrogen-bond acceptors (Lipinski definition) is 5. The number of anilines is 1. The molecule has 6 nitrogen and oxygen atoms in total. The first kappa shape index (κ1) is 17.4. The molecule has 1 saturated heterocycles. The third kappa shape index (κ3) is 6.37. The Labute approximate surface area is 137 Å². The third-order valence-corrected chi connectivity index (χ3v) is 3.64. The Hall–Kier alpha value is -1.94. The van der Waals surface area contributed by atoms with Gasteiger partial charge in [-0.3, -0.25) is 4.79 Å². The smallest absolute Gasteiger partial charge is 0.224 e. The summed E-state index contributed by atoms with van der Waals surface area (Å²) < 4.78 is 11.0. The first-order valence-electron chi connectivity index (χ1n) is 7.85. The molecule has 1 atom stereocenters. The van der Waals surface area contributed by atoms with Crippen molar-refractivity contribution < 1.29 is 14.3 Å². The number of nitrogens with one attached hydrogen (secondary N) is 1. The molecule has 6 heteroatoms. The summed E-state index contributed by atoms with van der Waals surface area (Å²) >= 11 is 0. The molecule has 1 aromatic carbocycles. The van der Waals surface area contributed by atoms with E-state index in [1.54, 1.807) is 24.3 Å². The van der Waals surface area contributed by atoms with E-state index in [0.29, 0.717) is 31.8 Å². The van der Waals surface area contributed by atoms with Gasteiger partial charge in [-0.05, 0) is 44.3 Å². The van der Waals surface area contributed by atoms with Crippen molar-refractivity contribution in [3.8, 4) is 6.07 Å². The Kier molecular flexibility index (Phi) is 7.01. The minimum Gasteiger partial charge on any atom is -0.376 e. The van der Waals surface area contributed by atoms with Gasteiger partial charge >= 0.3 is 0 Å². The standard InChI is InChI=1S/C17H23N3O3/c1-20(12-16-13-22-9-10-23-16)8-2-3-17(21)19-15-6-4-14(11-18)5-7-15/h4-7,16H,2-3,8-10,12-13H2,1H3,(H,19,21). The Bertz CT molecular complexity index is 533. The number of hydrogen-bond donors (Lipinski definition) is 1. The number of likely N-dealkylation sites (N-methyl/N-ethyl adjacent to an activating group) is 1. The Morgan fingerprint density at radius 1 is 1.39 bits per heavy atom. The van der Waals surface area contributed by atoms with E-state index in [0.717, 1.165) is 25.2 Å². The normalized spacial score (nSPS) is 17.7. The van der Waals surface area contributed by atoms with Gasteiger partial charge in [-0.15, -0.1) is 0 Å². The Morgan fingerprint density at radius 2 is 2.17 bits per heavy atom. The molecule has 0 bridgehead atoms. The molecule has 1 fully saturated rings. The summed E-state index contributed by atoms with van der Waals surface area (Å²) in [5.74, 6) is -0.0136. The van der Waals surface area contributed by atoms with E-state index in [2.05, 4.69) is 16.3 Å². The zero-order valence-corrected chi connectivity index (χ0v) is 13.5. The van der Waals surface area contributed by atoms with Gasteiger partial charge in [0, 0.05) is 18.7 Å². The molecule has 1 aromatic rings. The van der Waals surface area contributed by atoms with Crippen molar-refractivity contribution in [2.45, 2.75) is 18.9 Å². The molecule has 2 rings (SSSR count). The lowest BCUT2D eigenvalue weighted by Crippen LogP contribution is -2.38. The quantitative estimate of drug-likeness (QED) is 0.827. The van der Waals surface area contributed by atoms with Crippen LogP contribution in [0.25, 0.3) is 0 Å². The number of ether oxygens (including phenoxy) is 2. The molecule has 0 aromatic heterocycles. The van der Waals surface area contributed by atoms with E-state index in [9.17, 15) is 4.79 Å². The number of nitriles is 1. The Morgan fingerprint density at radius 3 is 2.83 bits per heavy atom. The maximum atomic E-state index is 11.9. The highest BCUT2D eigenvalue weighted by Gasteiger charge is 2.16. The SMILES string of the molecule is CN(CCCC(=O)Nc1ccc(C#N)cc1)CC1COCCO1. The molecule has 23 heavy (non-hydrogen) atoms. The van der Waals surface area contributed by atoms with Gasteiger partial charge < -0.3 is 19.7 Å². The molecule has 1 N–H and O–H groups in total. The summed E-state index contributed by atoms with van der Waals surface area (Å²) in [7, 11) is 2.02. The fourth-order valence-electron chi connectivity index (χ4n) is 2.44. The number of benzene rings is 1. The lowest BCUT2D eigenvalue weighted by Gasteiger charge is -2.27. The van der Waals surface area contributed by atoms with Gasteiger partial charge in [0.25, 0.3) is 0 Å². The fraction of sp³-hybridized carbons (Fsp3) is 0.529. The van der Waals surface area contributed by atoms with Gasteiger partial charge in [0.2, 0.25) is 5.91 Å². The van der Waals surface area contributed by atoms with Crippen LogP contribution in [-0.4, -0.2) is 56.9 Å². The van der Waals surface area contributed by atoms with Crippen LogP contribution in [0.15, 0.2) is 24.3 Å². The maximum Gasteiger partial charge on any atom is 0.224 e. The van der Waals surface area contributed by atoms with Crippen LogP contribution < -0.4 is 5.32 Å². The lowest BCUT2D eigenvalue weighted by atomic mass is 10.2. The predicted molar refractivity (Wildman–Crippen MR) is 87.1 cm³/mol. The summed E-state index contributed by atoms with van der Waals surface area (Å²) in [4.78, 5) is 14.1. The van der Waals surface area contributed by atoms with Crippen LogP contribution in [0.4, 0.5) is 5.69 Å². The topological polar surface area (TPSA) is 74.6 Å². The van der Waals surface area contributed by atoms with Gasteiger partial charge in [0.05, 0.1) is 37.6 Å². The second-order valence-corrected chi connectivity index (χ2v) is 5.67. The minimum atomic E-state index is -0.0136. The first-order valence-corrected chi connectivity index (χ1v) is 7.85. The van der Waals surface area contributed by atoms with Gasteiger partial charge in [-0.25, -0.2) is 0 Å². The molecule has 1 heterocycles. The predicted octanol–water partition coefficient (Wildman–Crippen LogP) is 1.62. The highest BCUT2D eigenvalue weighted by molar-refractivity contribution is 5.90. The maximum absolute atomic E-state index is 11.9. The number of amides is 1. The van der Waals surface area contributed by atoms with Crippen LogP contribution in [0.1, 0.15) is 18.4 Å². The van der Waals surface area contributed by atoms with Crippen LogP contribution in [-0.2, 0) is 14.3 Å². The summed E-state index contributed by atoms with van der Waals surface area (Å²) in [6.45, 7) is 3.63.